The van der Waals surface area contributed by atoms with Gasteiger partial charge in [-0.3, -0.25) is 4.79 Å². The minimum atomic E-state index is 0.0271. The van der Waals surface area contributed by atoms with Crippen molar-refractivity contribution in [1.82, 2.24) is 5.32 Å². The molecule has 0 aliphatic carbocycles. The summed E-state index contributed by atoms with van der Waals surface area (Å²) in [6.07, 6.45) is 1.83. The molecule has 0 heterocycles. The highest BCUT2D eigenvalue weighted by molar-refractivity contribution is 5.75. The molecule has 0 radical (unpaired) electrons. The number of amides is 1. The number of aliphatic hydroxyl groups excluding tert-OH is 1. The van der Waals surface area contributed by atoms with Crippen molar-refractivity contribution >= 4 is 5.91 Å². The first kappa shape index (κ1) is 14.7. The SMILES string of the molecule is NCCCC(=O)NCC(CCO)c1ccccc1. The van der Waals surface area contributed by atoms with E-state index in [-0.39, 0.29) is 18.4 Å². The summed E-state index contributed by atoms with van der Waals surface area (Å²) in [5.41, 5.74) is 6.50. The predicted octanol–water partition coefficient (Wildman–Crippen LogP) is 1.01. The third kappa shape index (κ3) is 5.29. The Morgan fingerprint density at radius 2 is 2.06 bits per heavy atom. The topological polar surface area (TPSA) is 75.4 Å². The lowest BCUT2D eigenvalue weighted by atomic mass is 9.96. The maximum atomic E-state index is 11.5. The zero-order chi connectivity index (χ0) is 13.2. The number of hydrogen-bond acceptors (Lipinski definition) is 3. The zero-order valence-electron chi connectivity index (χ0n) is 10.6. The molecule has 0 aliphatic rings. The molecule has 0 fully saturated rings. The highest BCUT2D eigenvalue weighted by Gasteiger charge is 2.11. The Morgan fingerprint density at radius 3 is 2.67 bits per heavy atom. The molecule has 1 unspecified atom stereocenters. The first-order valence-electron chi connectivity index (χ1n) is 6.40. The number of nitrogens with two attached hydrogens (primary N) is 1. The highest BCUT2D eigenvalue weighted by Crippen LogP contribution is 2.18. The summed E-state index contributed by atoms with van der Waals surface area (Å²) in [4.78, 5) is 11.5. The summed E-state index contributed by atoms with van der Waals surface area (Å²) in [5, 5.41) is 12.0. The predicted molar refractivity (Wildman–Crippen MR) is 72.2 cm³/mol. The zero-order valence-corrected chi connectivity index (χ0v) is 10.6. The Bertz CT molecular complexity index is 341. The summed E-state index contributed by atoms with van der Waals surface area (Å²) in [7, 11) is 0. The lowest BCUT2D eigenvalue weighted by molar-refractivity contribution is -0.121. The van der Waals surface area contributed by atoms with Crippen molar-refractivity contribution in [3.8, 4) is 0 Å². The summed E-state index contributed by atoms with van der Waals surface area (Å²) in [6, 6.07) is 9.93. The second-order valence-corrected chi connectivity index (χ2v) is 4.32. The molecule has 1 aromatic carbocycles. The van der Waals surface area contributed by atoms with Crippen LogP contribution in [0.1, 0.15) is 30.7 Å². The average Bonchev–Trinajstić information content (AvgIpc) is 2.42. The van der Waals surface area contributed by atoms with E-state index in [1.165, 1.54) is 0 Å². The molecule has 4 heteroatoms. The summed E-state index contributed by atoms with van der Waals surface area (Å²) < 4.78 is 0. The number of carbonyl (C=O) groups is 1. The Hall–Kier alpha value is -1.39. The molecule has 4 N–H and O–H groups in total. The Balaban J connectivity index is 2.46. The fourth-order valence-electron chi connectivity index (χ4n) is 1.86. The van der Waals surface area contributed by atoms with Crippen LogP contribution in [-0.4, -0.2) is 30.7 Å². The standard InChI is InChI=1S/C14H22N2O2/c15-9-4-7-14(18)16-11-13(8-10-17)12-5-2-1-3-6-12/h1-3,5-6,13,17H,4,7-11,15H2,(H,16,18). The van der Waals surface area contributed by atoms with Gasteiger partial charge in [0, 0.05) is 25.5 Å². The van der Waals surface area contributed by atoms with E-state index in [1.807, 2.05) is 30.3 Å². The third-order valence-corrected chi connectivity index (χ3v) is 2.90. The van der Waals surface area contributed by atoms with E-state index in [4.69, 9.17) is 10.8 Å². The van der Waals surface area contributed by atoms with E-state index in [1.54, 1.807) is 0 Å². The number of rotatable bonds is 8. The van der Waals surface area contributed by atoms with Crippen LogP contribution in [0.2, 0.25) is 0 Å². The van der Waals surface area contributed by atoms with Crippen molar-refractivity contribution in [1.29, 1.82) is 0 Å². The molecule has 0 aliphatic heterocycles. The van der Waals surface area contributed by atoms with Crippen molar-refractivity contribution in [2.75, 3.05) is 19.7 Å². The van der Waals surface area contributed by atoms with Crippen LogP contribution in [0.4, 0.5) is 0 Å². The van der Waals surface area contributed by atoms with E-state index < -0.39 is 0 Å². The average molecular weight is 250 g/mol. The first-order valence-corrected chi connectivity index (χ1v) is 6.40. The molecule has 100 valence electrons. The molecule has 1 aromatic rings. The van der Waals surface area contributed by atoms with E-state index in [2.05, 4.69) is 5.32 Å². The quantitative estimate of drug-likeness (QED) is 0.644. The molecular weight excluding hydrogens is 228 g/mol. The van der Waals surface area contributed by atoms with Crippen LogP contribution in [0.3, 0.4) is 0 Å². The van der Waals surface area contributed by atoms with Crippen LogP contribution in [0.25, 0.3) is 0 Å². The van der Waals surface area contributed by atoms with Crippen molar-refractivity contribution in [2.24, 2.45) is 5.73 Å². The van der Waals surface area contributed by atoms with Crippen LogP contribution in [0.15, 0.2) is 30.3 Å². The molecule has 0 saturated carbocycles. The molecule has 0 bridgehead atoms. The number of aliphatic hydroxyl groups is 1. The lowest BCUT2D eigenvalue weighted by Gasteiger charge is -2.17. The molecular formula is C14H22N2O2. The largest absolute Gasteiger partial charge is 0.396 e. The van der Waals surface area contributed by atoms with Gasteiger partial charge in [0.05, 0.1) is 0 Å². The first-order chi connectivity index (χ1) is 8.77. The van der Waals surface area contributed by atoms with Gasteiger partial charge in [0.1, 0.15) is 0 Å². The number of nitrogens with one attached hydrogen (secondary N) is 1. The minimum Gasteiger partial charge on any atom is -0.396 e. The molecule has 1 atom stereocenters. The number of carbonyl (C=O) groups excluding carboxylic acids is 1. The van der Waals surface area contributed by atoms with Crippen molar-refractivity contribution in [3.05, 3.63) is 35.9 Å². The van der Waals surface area contributed by atoms with E-state index in [0.29, 0.717) is 32.4 Å². The lowest BCUT2D eigenvalue weighted by Crippen LogP contribution is -2.29. The maximum absolute atomic E-state index is 11.5. The second-order valence-electron chi connectivity index (χ2n) is 4.32. The van der Waals surface area contributed by atoms with Gasteiger partial charge in [-0.05, 0) is 24.9 Å². The van der Waals surface area contributed by atoms with Gasteiger partial charge in [-0.1, -0.05) is 30.3 Å². The molecule has 18 heavy (non-hydrogen) atoms. The summed E-state index contributed by atoms with van der Waals surface area (Å²) >= 11 is 0. The van der Waals surface area contributed by atoms with Gasteiger partial charge in [-0.2, -0.15) is 0 Å². The van der Waals surface area contributed by atoms with Crippen molar-refractivity contribution < 1.29 is 9.90 Å². The van der Waals surface area contributed by atoms with Crippen LogP contribution in [0, 0.1) is 0 Å². The van der Waals surface area contributed by atoms with Gasteiger partial charge in [-0.15, -0.1) is 0 Å². The molecule has 0 aromatic heterocycles. The maximum Gasteiger partial charge on any atom is 0.220 e. The van der Waals surface area contributed by atoms with E-state index in [9.17, 15) is 4.79 Å². The van der Waals surface area contributed by atoms with Crippen molar-refractivity contribution in [2.45, 2.75) is 25.2 Å². The second kappa shape index (κ2) is 8.66. The molecule has 0 spiro atoms. The summed E-state index contributed by atoms with van der Waals surface area (Å²) in [5.74, 6) is 0.192. The molecule has 1 amide bonds. The van der Waals surface area contributed by atoms with Gasteiger partial charge < -0.3 is 16.2 Å². The smallest absolute Gasteiger partial charge is 0.220 e. The number of hydrogen-bond donors (Lipinski definition) is 3. The van der Waals surface area contributed by atoms with Gasteiger partial charge in [0.25, 0.3) is 0 Å². The van der Waals surface area contributed by atoms with Gasteiger partial charge >= 0.3 is 0 Å². The van der Waals surface area contributed by atoms with Crippen LogP contribution >= 0.6 is 0 Å². The summed E-state index contributed by atoms with van der Waals surface area (Å²) in [6.45, 7) is 1.22. The third-order valence-electron chi connectivity index (χ3n) is 2.90. The number of benzene rings is 1. The Morgan fingerprint density at radius 1 is 1.33 bits per heavy atom. The van der Waals surface area contributed by atoms with E-state index >= 15 is 0 Å². The normalized spacial score (nSPS) is 12.1. The monoisotopic (exact) mass is 250 g/mol. The Labute approximate surface area is 108 Å². The molecule has 4 nitrogen and oxygen atoms in total. The molecule has 1 rings (SSSR count). The van der Waals surface area contributed by atoms with Crippen LogP contribution < -0.4 is 11.1 Å². The minimum absolute atomic E-state index is 0.0271. The van der Waals surface area contributed by atoms with Crippen LogP contribution in [-0.2, 0) is 4.79 Å². The fraction of sp³-hybridized carbons (Fsp3) is 0.500. The van der Waals surface area contributed by atoms with Gasteiger partial charge in [-0.25, -0.2) is 0 Å². The van der Waals surface area contributed by atoms with E-state index in [0.717, 1.165) is 5.56 Å². The molecule has 0 saturated heterocycles. The van der Waals surface area contributed by atoms with Crippen molar-refractivity contribution in [3.63, 3.8) is 0 Å². The van der Waals surface area contributed by atoms with Crippen LogP contribution in [0.5, 0.6) is 0 Å². The van der Waals surface area contributed by atoms with Gasteiger partial charge in [0.2, 0.25) is 5.91 Å². The highest BCUT2D eigenvalue weighted by atomic mass is 16.3. The fourth-order valence-corrected chi connectivity index (χ4v) is 1.86. The van der Waals surface area contributed by atoms with Gasteiger partial charge in [0.15, 0.2) is 0 Å². The Kier molecular flexibility index (Phi) is 7.06.